The first-order valence-electron chi connectivity index (χ1n) is 10.9. The normalized spacial score (nSPS) is 13.9. The zero-order valence-corrected chi connectivity index (χ0v) is 18.5. The van der Waals surface area contributed by atoms with Gasteiger partial charge in [0.1, 0.15) is 0 Å². The van der Waals surface area contributed by atoms with Crippen LogP contribution in [0.5, 0.6) is 0 Å². The van der Waals surface area contributed by atoms with E-state index < -0.39 is 0 Å². The number of carbonyl (C=O) groups excluding carboxylic acids is 1. The molecule has 4 aromatic rings. The molecule has 0 atom stereocenters. The molecule has 32 heavy (non-hydrogen) atoms. The minimum absolute atomic E-state index is 0.106. The van der Waals surface area contributed by atoms with Crippen molar-refractivity contribution in [1.29, 1.82) is 0 Å². The Labute approximate surface area is 191 Å². The summed E-state index contributed by atoms with van der Waals surface area (Å²) in [7, 11) is 0. The molecule has 5 rings (SSSR count). The van der Waals surface area contributed by atoms with E-state index in [1.807, 2.05) is 54.6 Å². The van der Waals surface area contributed by atoms with Gasteiger partial charge in [0.2, 0.25) is 11.8 Å². The molecule has 162 valence electrons. The Morgan fingerprint density at radius 3 is 2.56 bits per heavy atom. The number of hydrogen-bond acceptors (Lipinski definition) is 6. The van der Waals surface area contributed by atoms with Crippen LogP contribution >= 0.6 is 11.8 Å². The van der Waals surface area contributed by atoms with Gasteiger partial charge in [0, 0.05) is 30.0 Å². The minimum atomic E-state index is -0.106. The summed E-state index contributed by atoms with van der Waals surface area (Å²) in [6.07, 6.45) is 3.80. The van der Waals surface area contributed by atoms with Crippen LogP contribution in [0.3, 0.4) is 0 Å². The average molecular weight is 445 g/mol. The van der Waals surface area contributed by atoms with Crippen LogP contribution in [0, 0.1) is 0 Å². The molecule has 0 bridgehead atoms. The highest BCUT2D eigenvalue weighted by Crippen LogP contribution is 2.29. The summed E-state index contributed by atoms with van der Waals surface area (Å²) in [6.45, 7) is 2.21. The highest BCUT2D eigenvalue weighted by Gasteiger charge is 2.14. The van der Waals surface area contributed by atoms with Gasteiger partial charge in [-0.15, -0.1) is 10.2 Å². The van der Waals surface area contributed by atoms with Crippen LogP contribution in [0.1, 0.15) is 19.3 Å². The van der Waals surface area contributed by atoms with Gasteiger partial charge in [-0.25, -0.2) is 0 Å². The number of amides is 1. The highest BCUT2D eigenvalue weighted by atomic mass is 32.2. The van der Waals surface area contributed by atoms with E-state index in [0.29, 0.717) is 11.1 Å². The predicted molar refractivity (Wildman–Crippen MR) is 129 cm³/mol. The van der Waals surface area contributed by atoms with Crippen molar-refractivity contribution in [3.05, 3.63) is 66.7 Å². The zero-order valence-electron chi connectivity index (χ0n) is 17.7. The minimum Gasteiger partial charge on any atom is -0.411 e. The van der Waals surface area contributed by atoms with E-state index in [4.69, 9.17) is 4.42 Å². The third-order valence-corrected chi connectivity index (χ3v) is 6.44. The standard InChI is InChI=1S/C25H24N4O2S/c30-23(26-19-11-13-20(14-12-19)29-15-4-1-5-16-29)17-32-25-28-27-24(31-25)22-10-6-8-18-7-2-3-9-21(18)22/h2-3,6-14H,1,4-5,15-17H2,(H,26,30). The summed E-state index contributed by atoms with van der Waals surface area (Å²) in [4.78, 5) is 14.8. The Morgan fingerprint density at radius 2 is 1.72 bits per heavy atom. The summed E-state index contributed by atoms with van der Waals surface area (Å²) in [5.74, 6) is 0.550. The number of nitrogens with zero attached hydrogens (tertiary/aromatic N) is 3. The molecule has 0 radical (unpaired) electrons. The van der Waals surface area contributed by atoms with E-state index in [-0.39, 0.29) is 11.7 Å². The van der Waals surface area contributed by atoms with Gasteiger partial charge in [0.05, 0.1) is 5.75 Å². The number of aromatic nitrogens is 2. The van der Waals surface area contributed by atoms with E-state index >= 15 is 0 Å². The van der Waals surface area contributed by atoms with Crippen molar-refractivity contribution < 1.29 is 9.21 Å². The Bertz CT molecular complexity index is 1210. The number of benzene rings is 3. The number of nitrogens with one attached hydrogen (secondary N) is 1. The number of piperidine rings is 1. The second kappa shape index (κ2) is 9.44. The first-order valence-corrected chi connectivity index (χ1v) is 11.8. The summed E-state index contributed by atoms with van der Waals surface area (Å²) < 4.78 is 5.82. The fraction of sp³-hybridized carbons (Fsp3) is 0.240. The molecule has 6 nitrogen and oxygen atoms in total. The topological polar surface area (TPSA) is 71.3 Å². The maximum Gasteiger partial charge on any atom is 0.277 e. The first kappa shape index (κ1) is 20.6. The van der Waals surface area contributed by atoms with Crippen LogP contribution in [-0.4, -0.2) is 34.9 Å². The van der Waals surface area contributed by atoms with E-state index in [2.05, 4.69) is 32.5 Å². The van der Waals surface area contributed by atoms with Crippen LogP contribution in [0.2, 0.25) is 0 Å². The third kappa shape index (κ3) is 4.62. The molecule has 0 aliphatic carbocycles. The Balaban J connectivity index is 1.18. The molecule has 0 spiro atoms. The van der Waals surface area contributed by atoms with Gasteiger partial charge in [-0.2, -0.15) is 0 Å². The molecule has 3 aromatic carbocycles. The van der Waals surface area contributed by atoms with Gasteiger partial charge in [-0.1, -0.05) is 48.2 Å². The lowest BCUT2D eigenvalue weighted by Gasteiger charge is -2.28. The van der Waals surface area contributed by atoms with Crippen molar-refractivity contribution in [3.63, 3.8) is 0 Å². The van der Waals surface area contributed by atoms with Gasteiger partial charge < -0.3 is 14.6 Å². The van der Waals surface area contributed by atoms with Crippen molar-refractivity contribution in [2.24, 2.45) is 0 Å². The zero-order chi connectivity index (χ0) is 21.8. The van der Waals surface area contributed by atoms with E-state index in [1.165, 1.54) is 36.7 Å². The molecule has 2 heterocycles. The summed E-state index contributed by atoms with van der Waals surface area (Å²) in [5, 5.41) is 13.8. The second-order valence-electron chi connectivity index (χ2n) is 7.83. The molecular weight excluding hydrogens is 420 g/mol. The van der Waals surface area contributed by atoms with Gasteiger partial charge >= 0.3 is 0 Å². The molecule has 7 heteroatoms. The number of fused-ring (bicyclic) bond motifs is 1. The van der Waals surface area contributed by atoms with E-state index in [9.17, 15) is 4.79 Å². The number of carbonyl (C=O) groups is 1. The van der Waals surface area contributed by atoms with E-state index in [1.54, 1.807) is 0 Å². The van der Waals surface area contributed by atoms with Crippen molar-refractivity contribution in [3.8, 4) is 11.5 Å². The van der Waals surface area contributed by atoms with Crippen LogP contribution in [-0.2, 0) is 4.79 Å². The van der Waals surface area contributed by atoms with Crippen molar-refractivity contribution in [2.45, 2.75) is 24.5 Å². The van der Waals surface area contributed by atoms with Crippen molar-refractivity contribution >= 4 is 39.8 Å². The van der Waals surface area contributed by atoms with Gasteiger partial charge in [0.15, 0.2) is 0 Å². The Kier molecular flexibility index (Phi) is 6.07. The van der Waals surface area contributed by atoms with Crippen LogP contribution < -0.4 is 10.2 Å². The van der Waals surface area contributed by atoms with Crippen molar-refractivity contribution in [1.82, 2.24) is 10.2 Å². The fourth-order valence-electron chi connectivity index (χ4n) is 4.02. The molecular formula is C25H24N4O2S. The maximum absolute atomic E-state index is 12.4. The lowest BCUT2D eigenvalue weighted by Crippen LogP contribution is -2.29. The number of hydrogen-bond donors (Lipinski definition) is 1. The summed E-state index contributed by atoms with van der Waals surface area (Å²) in [6, 6.07) is 22.1. The van der Waals surface area contributed by atoms with Crippen LogP contribution in [0.25, 0.3) is 22.2 Å². The Morgan fingerprint density at radius 1 is 0.938 bits per heavy atom. The Hall–Kier alpha value is -3.32. The van der Waals surface area contributed by atoms with Gasteiger partial charge in [0.25, 0.3) is 5.22 Å². The van der Waals surface area contributed by atoms with E-state index in [0.717, 1.165) is 35.1 Å². The molecule has 1 aliphatic heterocycles. The summed E-state index contributed by atoms with van der Waals surface area (Å²) in [5.41, 5.74) is 2.89. The highest BCUT2D eigenvalue weighted by molar-refractivity contribution is 7.99. The first-order chi connectivity index (χ1) is 15.8. The van der Waals surface area contributed by atoms with Crippen molar-refractivity contribution in [2.75, 3.05) is 29.1 Å². The molecule has 1 fully saturated rings. The number of anilines is 2. The lowest BCUT2D eigenvalue weighted by molar-refractivity contribution is -0.113. The number of rotatable bonds is 6. The SMILES string of the molecule is O=C(CSc1nnc(-c2cccc3ccccc23)o1)Nc1ccc(N2CCCCC2)cc1. The smallest absolute Gasteiger partial charge is 0.277 e. The lowest BCUT2D eigenvalue weighted by atomic mass is 10.0. The van der Waals surface area contributed by atoms with Gasteiger partial charge in [-0.3, -0.25) is 4.79 Å². The molecule has 0 saturated carbocycles. The molecule has 1 aliphatic rings. The molecule has 1 aromatic heterocycles. The second-order valence-corrected chi connectivity index (χ2v) is 8.76. The van der Waals surface area contributed by atoms with Crippen LogP contribution in [0.4, 0.5) is 11.4 Å². The maximum atomic E-state index is 12.4. The molecule has 1 amide bonds. The molecule has 0 unspecified atom stereocenters. The molecule has 1 N–H and O–H groups in total. The molecule has 1 saturated heterocycles. The largest absolute Gasteiger partial charge is 0.411 e. The summed E-state index contributed by atoms with van der Waals surface area (Å²) >= 11 is 1.23. The van der Waals surface area contributed by atoms with Crippen LogP contribution in [0.15, 0.2) is 76.4 Å². The average Bonchev–Trinajstić information content (AvgIpc) is 3.32. The third-order valence-electron chi connectivity index (χ3n) is 5.63. The fourth-order valence-corrected chi connectivity index (χ4v) is 4.58. The quantitative estimate of drug-likeness (QED) is 0.390. The predicted octanol–water partition coefficient (Wildman–Crippen LogP) is 5.61. The van der Waals surface area contributed by atoms with Gasteiger partial charge in [-0.05, 0) is 60.4 Å². The monoisotopic (exact) mass is 444 g/mol. The number of thioether (sulfide) groups is 1.